The maximum atomic E-state index is 13.0. The highest BCUT2D eigenvalue weighted by molar-refractivity contribution is 5.93. The fourth-order valence-corrected chi connectivity index (χ4v) is 3.53. The molecule has 0 radical (unpaired) electrons. The molecule has 2 heterocycles. The summed E-state index contributed by atoms with van der Waals surface area (Å²) in [5.74, 6) is 0.260. The van der Waals surface area contributed by atoms with Gasteiger partial charge in [-0.25, -0.2) is 0 Å². The molecule has 27 heavy (non-hydrogen) atoms. The predicted molar refractivity (Wildman–Crippen MR) is 100 cm³/mol. The van der Waals surface area contributed by atoms with Crippen molar-refractivity contribution in [2.24, 2.45) is 0 Å². The molecule has 1 N–H and O–H groups in total. The van der Waals surface area contributed by atoms with Crippen LogP contribution in [0.3, 0.4) is 0 Å². The van der Waals surface area contributed by atoms with E-state index in [0.717, 1.165) is 19.4 Å². The molecular formula is C20H25N3O4. The lowest BCUT2D eigenvalue weighted by molar-refractivity contribution is 0.0704. The minimum Gasteiger partial charge on any atom is -0.507 e. The van der Waals surface area contributed by atoms with Crippen LogP contribution in [0.15, 0.2) is 30.5 Å². The van der Waals surface area contributed by atoms with Gasteiger partial charge >= 0.3 is 0 Å². The van der Waals surface area contributed by atoms with Crippen LogP contribution >= 0.6 is 0 Å². The Bertz CT molecular complexity index is 815. The largest absolute Gasteiger partial charge is 0.507 e. The monoisotopic (exact) mass is 371 g/mol. The molecule has 3 rings (SSSR count). The van der Waals surface area contributed by atoms with Crippen molar-refractivity contribution in [2.75, 3.05) is 13.2 Å². The number of carbonyl (C=O) groups excluding carboxylic acids is 2. The van der Waals surface area contributed by atoms with Crippen molar-refractivity contribution in [1.82, 2.24) is 14.7 Å². The second-order valence-electron chi connectivity index (χ2n) is 6.99. The van der Waals surface area contributed by atoms with Crippen molar-refractivity contribution in [3.05, 3.63) is 41.7 Å². The molecule has 7 nitrogen and oxygen atoms in total. The van der Waals surface area contributed by atoms with Gasteiger partial charge in [0.15, 0.2) is 6.29 Å². The van der Waals surface area contributed by atoms with E-state index in [1.165, 1.54) is 6.07 Å². The van der Waals surface area contributed by atoms with Crippen LogP contribution in [-0.2, 0) is 0 Å². The first-order chi connectivity index (χ1) is 13.0. The molecule has 1 aromatic carbocycles. The number of hydrogen-bond acceptors (Lipinski definition) is 5. The molecule has 1 atom stereocenters. The van der Waals surface area contributed by atoms with Crippen molar-refractivity contribution < 1.29 is 19.4 Å². The van der Waals surface area contributed by atoms with E-state index in [-0.39, 0.29) is 29.3 Å². The maximum absolute atomic E-state index is 13.0. The van der Waals surface area contributed by atoms with E-state index in [1.807, 2.05) is 18.7 Å². The number of ether oxygens (including phenoxy) is 1. The van der Waals surface area contributed by atoms with Crippen LogP contribution in [0.5, 0.6) is 11.5 Å². The summed E-state index contributed by atoms with van der Waals surface area (Å²) in [7, 11) is 0. The number of amides is 1. The number of nitrogens with zero attached hydrogens (tertiary/aromatic N) is 3. The highest BCUT2D eigenvalue weighted by Crippen LogP contribution is 2.27. The molecule has 0 saturated carbocycles. The van der Waals surface area contributed by atoms with Gasteiger partial charge in [0.2, 0.25) is 0 Å². The average Bonchev–Trinajstić information content (AvgIpc) is 3.31. The highest BCUT2D eigenvalue weighted by atomic mass is 16.5. The average molecular weight is 371 g/mol. The van der Waals surface area contributed by atoms with Crippen molar-refractivity contribution in [2.45, 2.75) is 45.2 Å². The lowest BCUT2D eigenvalue weighted by atomic mass is 10.1. The number of aromatic nitrogens is 2. The Morgan fingerprint density at radius 3 is 2.96 bits per heavy atom. The molecule has 0 bridgehead atoms. The van der Waals surface area contributed by atoms with Crippen LogP contribution in [0, 0.1) is 0 Å². The Labute approximate surface area is 158 Å². The number of aromatic hydroxyl groups is 1. The fraction of sp³-hybridized carbons (Fsp3) is 0.450. The summed E-state index contributed by atoms with van der Waals surface area (Å²) in [6.45, 7) is 5.08. The molecule has 144 valence electrons. The van der Waals surface area contributed by atoms with Crippen LogP contribution in [0.1, 0.15) is 60.0 Å². The number of aldehydes is 1. The summed E-state index contributed by atoms with van der Waals surface area (Å²) in [5, 5.41) is 14.0. The number of carbonyl (C=O) groups is 2. The van der Waals surface area contributed by atoms with Crippen LogP contribution in [0.25, 0.3) is 0 Å². The SMILES string of the molecule is CC(C)n1nccc1C(=O)N1CCC[C@H]1CCOc1cccc(O)c1C=O. The van der Waals surface area contributed by atoms with Gasteiger partial charge in [0.05, 0.1) is 12.2 Å². The molecule has 1 fully saturated rings. The molecule has 1 aliphatic heterocycles. The zero-order valence-corrected chi connectivity index (χ0v) is 15.7. The van der Waals surface area contributed by atoms with E-state index in [9.17, 15) is 14.7 Å². The van der Waals surface area contributed by atoms with Crippen LogP contribution in [-0.4, -0.2) is 51.2 Å². The van der Waals surface area contributed by atoms with Gasteiger partial charge in [-0.1, -0.05) is 6.07 Å². The number of rotatable bonds is 7. The molecule has 2 aromatic rings. The Kier molecular flexibility index (Phi) is 5.78. The summed E-state index contributed by atoms with van der Waals surface area (Å²) in [4.78, 5) is 26.0. The zero-order chi connectivity index (χ0) is 19.4. The topological polar surface area (TPSA) is 84.7 Å². The van der Waals surface area contributed by atoms with Crippen molar-refractivity contribution in [1.29, 1.82) is 0 Å². The molecular weight excluding hydrogens is 346 g/mol. The van der Waals surface area contributed by atoms with Gasteiger partial charge in [-0.2, -0.15) is 5.10 Å². The second kappa shape index (κ2) is 8.24. The van der Waals surface area contributed by atoms with Crippen molar-refractivity contribution >= 4 is 12.2 Å². The van der Waals surface area contributed by atoms with E-state index in [1.54, 1.807) is 29.1 Å². The molecule has 1 aromatic heterocycles. The third kappa shape index (κ3) is 3.97. The molecule has 1 aliphatic rings. The Balaban J connectivity index is 1.64. The summed E-state index contributed by atoms with van der Waals surface area (Å²) in [6, 6.07) is 6.71. The van der Waals surface area contributed by atoms with Gasteiger partial charge in [0.1, 0.15) is 17.2 Å². The third-order valence-electron chi connectivity index (χ3n) is 4.89. The lowest BCUT2D eigenvalue weighted by Gasteiger charge is -2.25. The quantitative estimate of drug-likeness (QED) is 0.756. The number of phenols is 1. The highest BCUT2D eigenvalue weighted by Gasteiger charge is 2.31. The van der Waals surface area contributed by atoms with Gasteiger partial charge in [0.25, 0.3) is 5.91 Å². The van der Waals surface area contributed by atoms with E-state index in [4.69, 9.17) is 4.74 Å². The van der Waals surface area contributed by atoms with Crippen LogP contribution < -0.4 is 4.74 Å². The third-order valence-corrected chi connectivity index (χ3v) is 4.89. The van der Waals surface area contributed by atoms with E-state index in [2.05, 4.69) is 5.10 Å². The maximum Gasteiger partial charge on any atom is 0.272 e. The number of phenolic OH excluding ortho intramolecular Hbond substituents is 1. The van der Waals surface area contributed by atoms with Crippen molar-refractivity contribution in [3.63, 3.8) is 0 Å². The standard InChI is InChI=1S/C20H25N3O4/c1-14(2)23-17(8-10-21-23)20(26)22-11-4-5-15(22)9-12-27-19-7-3-6-18(25)16(19)13-24/h3,6-8,10,13-15,25H,4-5,9,11-12H2,1-2H3/t15-/m0/s1. The van der Waals surface area contributed by atoms with Gasteiger partial charge in [-0.05, 0) is 44.9 Å². The number of benzene rings is 1. The number of hydrogen-bond donors (Lipinski definition) is 1. The van der Waals surface area contributed by atoms with Crippen molar-refractivity contribution in [3.8, 4) is 11.5 Å². The molecule has 0 spiro atoms. The minimum absolute atomic E-state index is 0.00497. The Morgan fingerprint density at radius 1 is 1.41 bits per heavy atom. The summed E-state index contributed by atoms with van der Waals surface area (Å²) in [6.07, 6.45) is 4.78. The van der Waals surface area contributed by atoms with Gasteiger partial charge in [0, 0.05) is 31.2 Å². The van der Waals surface area contributed by atoms with Crippen LogP contribution in [0.4, 0.5) is 0 Å². The fourth-order valence-electron chi connectivity index (χ4n) is 3.53. The molecule has 0 aliphatic carbocycles. The normalized spacial score (nSPS) is 16.7. The molecule has 1 amide bonds. The Morgan fingerprint density at radius 2 is 2.22 bits per heavy atom. The van der Waals surface area contributed by atoms with Gasteiger partial charge in [-0.3, -0.25) is 14.3 Å². The first-order valence-electron chi connectivity index (χ1n) is 9.27. The first-order valence-corrected chi connectivity index (χ1v) is 9.27. The van der Waals surface area contributed by atoms with E-state index in [0.29, 0.717) is 30.8 Å². The summed E-state index contributed by atoms with van der Waals surface area (Å²) in [5.41, 5.74) is 0.756. The van der Waals surface area contributed by atoms with E-state index < -0.39 is 0 Å². The molecule has 0 unspecified atom stereocenters. The summed E-state index contributed by atoms with van der Waals surface area (Å²) < 4.78 is 7.45. The predicted octanol–water partition coefficient (Wildman–Crippen LogP) is 3.06. The lowest BCUT2D eigenvalue weighted by Crippen LogP contribution is -2.37. The zero-order valence-electron chi connectivity index (χ0n) is 15.7. The second-order valence-corrected chi connectivity index (χ2v) is 6.99. The number of likely N-dealkylation sites (tertiary alicyclic amines) is 1. The minimum atomic E-state index is -0.0953. The van der Waals surface area contributed by atoms with Crippen LogP contribution in [0.2, 0.25) is 0 Å². The summed E-state index contributed by atoms with van der Waals surface area (Å²) >= 11 is 0. The van der Waals surface area contributed by atoms with E-state index >= 15 is 0 Å². The Hall–Kier alpha value is -2.83. The smallest absolute Gasteiger partial charge is 0.272 e. The molecule has 1 saturated heterocycles. The molecule has 7 heteroatoms. The van der Waals surface area contributed by atoms with Gasteiger partial charge in [-0.15, -0.1) is 0 Å². The first kappa shape index (κ1) is 18.9. The van der Waals surface area contributed by atoms with Gasteiger partial charge < -0.3 is 14.7 Å².